The van der Waals surface area contributed by atoms with Crippen LogP contribution in [0.2, 0.25) is 0 Å². The third kappa shape index (κ3) is 2.65. The molecule has 1 aromatic carbocycles. The molecule has 1 saturated carbocycles. The van der Waals surface area contributed by atoms with E-state index >= 15 is 0 Å². The molecule has 3 saturated heterocycles. The summed E-state index contributed by atoms with van der Waals surface area (Å²) in [5.41, 5.74) is 3.54. The van der Waals surface area contributed by atoms with E-state index in [-0.39, 0.29) is 12.2 Å². The number of piperidine rings is 3. The van der Waals surface area contributed by atoms with Gasteiger partial charge in [0, 0.05) is 47.9 Å². The van der Waals surface area contributed by atoms with Gasteiger partial charge in [-0.15, -0.1) is 0 Å². The molecule has 28 heavy (non-hydrogen) atoms. The number of benzene rings is 1. The van der Waals surface area contributed by atoms with E-state index in [1.807, 2.05) is 30.5 Å². The minimum atomic E-state index is -0.252. The third-order valence-corrected chi connectivity index (χ3v) is 6.76. The number of hydrogen-bond donors (Lipinski definition) is 1. The largest absolute Gasteiger partial charge is 0.442 e. The van der Waals surface area contributed by atoms with Crippen LogP contribution in [0, 0.1) is 17.8 Å². The fourth-order valence-corrected chi connectivity index (χ4v) is 5.64. The van der Waals surface area contributed by atoms with Crippen molar-refractivity contribution >= 4 is 16.9 Å². The molecule has 4 fully saturated rings. The van der Waals surface area contributed by atoms with E-state index in [9.17, 15) is 4.79 Å². The quantitative estimate of drug-likeness (QED) is 0.703. The Kier molecular flexibility index (Phi) is 3.60. The number of nitrogens with one attached hydrogen (secondary N) is 1. The molecular weight excluding hydrogens is 350 g/mol. The number of H-pyrrole nitrogens is 1. The van der Waals surface area contributed by atoms with Gasteiger partial charge in [0.15, 0.2) is 6.23 Å². The summed E-state index contributed by atoms with van der Waals surface area (Å²) >= 11 is 0. The average molecular weight is 373 g/mol. The molecular formula is C23H23N3O2. The molecule has 5 heterocycles. The van der Waals surface area contributed by atoms with Crippen LogP contribution in [-0.2, 0) is 4.74 Å². The van der Waals surface area contributed by atoms with Gasteiger partial charge >= 0.3 is 5.97 Å². The van der Waals surface area contributed by atoms with Crippen LogP contribution in [-0.4, -0.2) is 40.2 Å². The first-order chi connectivity index (χ1) is 13.7. The maximum atomic E-state index is 12.7. The van der Waals surface area contributed by atoms with Crippen LogP contribution in [0.15, 0.2) is 48.8 Å². The van der Waals surface area contributed by atoms with Gasteiger partial charge in [-0.3, -0.25) is 9.88 Å². The Morgan fingerprint density at radius 3 is 2.68 bits per heavy atom. The summed E-state index contributed by atoms with van der Waals surface area (Å²) in [6.07, 6.45) is 7.32. The molecule has 5 nitrogen and oxygen atoms in total. The predicted octanol–water partition coefficient (Wildman–Crippen LogP) is 4.07. The van der Waals surface area contributed by atoms with Crippen LogP contribution in [0.5, 0.6) is 0 Å². The summed E-state index contributed by atoms with van der Waals surface area (Å²) in [6, 6.07) is 12.0. The molecule has 0 spiro atoms. The maximum Gasteiger partial charge on any atom is 0.341 e. The molecule has 0 unspecified atom stereocenters. The van der Waals surface area contributed by atoms with Crippen molar-refractivity contribution in [2.75, 3.05) is 13.1 Å². The van der Waals surface area contributed by atoms with Gasteiger partial charge in [0.1, 0.15) is 0 Å². The average Bonchev–Trinajstić information content (AvgIpc) is 3.18. The van der Waals surface area contributed by atoms with Crippen LogP contribution in [0.1, 0.15) is 29.6 Å². The number of rotatable bonds is 3. The van der Waals surface area contributed by atoms with E-state index in [0.717, 1.165) is 47.1 Å². The van der Waals surface area contributed by atoms with Gasteiger partial charge in [-0.05, 0) is 61.4 Å². The molecule has 2 aromatic heterocycles. The number of hydrogen-bond acceptors (Lipinski definition) is 4. The summed E-state index contributed by atoms with van der Waals surface area (Å²) in [7, 11) is 0. The van der Waals surface area contributed by atoms with Crippen LogP contribution < -0.4 is 0 Å². The highest BCUT2D eigenvalue weighted by molar-refractivity contribution is 5.90. The molecule has 5 heteroatoms. The number of ether oxygens (including phenoxy) is 1. The molecule has 142 valence electrons. The molecule has 0 amide bonds. The Morgan fingerprint density at radius 2 is 1.93 bits per heavy atom. The second-order valence-corrected chi connectivity index (χ2v) is 8.66. The SMILES string of the molecule is O=C(O[C@@H]1C2C[C@H]3C[C@H](C2)CN1C3)c1ccc(-c2ccc3[nH]ccc3c2)nc1. The van der Waals surface area contributed by atoms with Crippen LogP contribution in [0.4, 0.5) is 0 Å². The van der Waals surface area contributed by atoms with Crippen molar-refractivity contribution in [2.45, 2.75) is 25.5 Å². The number of pyridine rings is 1. The Bertz CT molecular complexity index is 1010. The first kappa shape index (κ1) is 16.3. The van der Waals surface area contributed by atoms with E-state index in [0.29, 0.717) is 11.5 Å². The Labute approximate surface area is 163 Å². The maximum absolute atomic E-state index is 12.7. The summed E-state index contributed by atoms with van der Waals surface area (Å²) in [5.74, 6) is 1.88. The summed E-state index contributed by atoms with van der Waals surface area (Å²) in [5, 5.41) is 1.15. The van der Waals surface area contributed by atoms with Gasteiger partial charge in [0.25, 0.3) is 0 Å². The van der Waals surface area contributed by atoms with Gasteiger partial charge < -0.3 is 9.72 Å². The number of carbonyl (C=O) groups excluding carboxylic acids is 1. The molecule has 7 rings (SSSR count). The lowest BCUT2D eigenvalue weighted by Crippen LogP contribution is -2.60. The first-order valence-corrected chi connectivity index (χ1v) is 10.2. The molecule has 1 N–H and O–H groups in total. The van der Waals surface area contributed by atoms with Gasteiger partial charge in [-0.1, -0.05) is 6.07 Å². The molecule has 3 atom stereocenters. The van der Waals surface area contributed by atoms with Crippen molar-refractivity contribution in [1.29, 1.82) is 0 Å². The molecule has 4 bridgehead atoms. The summed E-state index contributed by atoms with van der Waals surface area (Å²) in [4.78, 5) is 22.8. The monoisotopic (exact) mass is 373 g/mol. The summed E-state index contributed by atoms with van der Waals surface area (Å²) in [6.45, 7) is 2.17. The van der Waals surface area contributed by atoms with E-state index in [1.165, 1.54) is 19.3 Å². The number of carbonyl (C=O) groups is 1. The van der Waals surface area contributed by atoms with E-state index in [1.54, 1.807) is 6.20 Å². The van der Waals surface area contributed by atoms with Crippen LogP contribution >= 0.6 is 0 Å². The van der Waals surface area contributed by atoms with Crippen molar-refractivity contribution in [1.82, 2.24) is 14.9 Å². The second-order valence-electron chi connectivity index (χ2n) is 8.66. The van der Waals surface area contributed by atoms with Gasteiger partial charge in [0.05, 0.1) is 11.3 Å². The zero-order chi connectivity index (χ0) is 18.7. The third-order valence-electron chi connectivity index (χ3n) is 6.76. The predicted molar refractivity (Wildman–Crippen MR) is 107 cm³/mol. The van der Waals surface area contributed by atoms with Crippen molar-refractivity contribution in [3.8, 4) is 11.3 Å². The Hall–Kier alpha value is -2.66. The highest BCUT2D eigenvalue weighted by Gasteiger charge is 2.48. The fraction of sp³-hybridized carbons (Fsp3) is 0.391. The normalized spacial score (nSPS) is 30.6. The molecule has 3 aromatic rings. The number of aromatic amines is 1. The van der Waals surface area contributed by atoms with E-state index in [2.05, 4.69) is 27.0 Å². The topological polar surface area (TPSA) is 58.2 Å². The zero-order valence-corrected chi connectivity index (χ0v) is 15.7. The minimum absolute atomic E-state index is 0.0454. The number of aromatic nitrogens is 2. The minimum Gasteiger partial charge on any atom is -0.442 e. The van der Waals surface area contributed by atoms with Crippen molar-refractivity contribution < 1.29 is 9.53 Å². The summed E-state index contributed by atoms with van der Waals surface area (Å²) < 4.78 is 5.95. The molecule has 1 aliphatic carbocycles. The van der Waals surface area contributed by atoms with E-state index < -0.39 is 0 Å². The van der Waals surface area contributed by atoms with Gasteiger partial charge in [0.2, 0.25) is 0 Å². The van der Waals surface area contributed by atoms with Crippen molar-refractivity contribution in [3.63, 3.8) is 0 Å². The highest BCUT2D eigenvalue weighted by atomic mass is 16.6. The second kappa shape index (κ2) is 6.17. The number of esters is 1. The number of fused-ring (bicyclic) bond motifs is 1. The lowest BCUT2D eigenvalue weighted by Gasteiger charge is -2.55. The molecule has 0 radical (unpaired) electrons. The van der Waals surface area contributed by atoms with Crippen molar-refractivity contribution in [2.24, 2.45) is 17.8 Å². The lowest BCUT2D eigenvalue weighted by atomic mass is 9.67. The van der Waals surface area contributed by atoms with Crippen LogP contribution in [0.3, 0.4) is 0 Å². The van der Waals surface area contributed by atoms with Gasteiger partial charge in [-0.25, -0.2) is 4.79 Å². The van der Waals surface area contributed by atoms with Crippen LogP contribution in [0.25, 0.3) is 22.2 Å². The Morgan fingerprint density at radius 1 is 1.07 bits per heavy atom. The standard InChI is InChI=1S/C23H23N3O2/c27-23(28-22-19-8-14-7-15(9-19)13-26(22)12-14)18-2-4-21(25-11-18)16-1-3-20-17(10-16)5-6-24-20/h1-6,10-11,14-15,19,22,24H,7-9,12-13H2/t14-,15-,22-/m1/s1. The number of nitrogens with zero attached hydrogens (tertiary/aromatic N) is 2. The zero-order valence-electron chi connectivity index (χ0n) is 15.7. The molecule has 3 aliphatic heterocycles. The molecule has 4 aliphatic rings. The smallest absolute Gasteiger partial charge is 0.341 e. The first-order valence-electron chi connectivity index (χ1n) is 10.2. The van der Waals surface area contributed by atoms with Gasteiger partial charge in [-0.2, -0.15) is 0 Å². The Balaban J connectivity index is 1.19. The van der Waals surface area contributed by atoms with E-state index in [4.69, 9.17) is 4.74 Å². The van der Waals surface area contributed by atoms with Crippen molar-refractivity contribution in [3.05, 3.63) is 54.4 Å². The lowest BCUT2D eigenvalue weighted by molar-refractivity contribution is -0.159. The fourth-order valence-electron chi connectivity index (χ4n) is 5.64. The highest BCUT2D eigenvalue weighted by Crippen LogP contribution is 2.46.